The molecular weight excluding hydrogens is 518 g/mol. The number of carboxylic acid groups (broad SMARTS) is 1. The van der Waals surface area contributed by atoms with Gasteiger partial charge in [0.2, 0.25) is 0 Å². The lowest BCUT2D eigenvalue weighted by Crippen LogP contribution is -2.30. The van der Waals surface area contributed by atoms with Gasteiger partial charge in [-0.3, -0.25) is 19.0 Å². The van der Waals surface area contributed by atoms with Crippen molar-refractivity contribution < 1.29 is 32.3 Å². The average molecular weight is 539 g/mol. The Morgan fingerprint density at radius 3 is 2.13 bits per heavy atom. The number of aromatic nitrogens is 1. The molecule has 4 aromatic rings. The Bertz CT molecular complexity index is 1600. The van der Waals surface area contributed by atoms with Crippen LogP contribution in [0.15, 0.2) is 77.6 Å². The number of aliphatic carboxylic acids is 1. The topological polar surface area (TPSA) is 114 Å². The maximum absolute atomic E-state index is 15.1. The second-order valence-corrected chi connectivity index (χ2v) is 8.55. The molecule has 0 spiro atoms. The predicted octanol–water partition coefficient (Wildman–Crippen LogP) is 4.17. The van der Waals surface area contributed by atoms with Crippen molar-refractivity contribution in [3.8, 4) is 5.69 Å². The van der Waals surface area contributed by atoms with Gasteiger partial charge in [0.1, 0.15) is 29.2 Å². The third kappa shape index (κ3) is 5.73. The van der Waals surface area contributed by atoms with Crippen LogP contribution in [-0.2, 0) is 11.2 Å². The van der Waals surface area contributed by atoms with Crippen LogP contribution in [0.5, 0.6) is 0 Å². The number of pyridine rings is 1. The summed E-state index contributed by atoms with van der Waals surface area (Å²) < 4.78 is 58.1. The molecule has 0 aliphatic heterocycles. The highest BCUT2D eigenvalue weighted by Gasteiger charge is 2.24. The van der Waals surface area contributed by atoms with Gasteiger partial charge in [0.25, 0.3) is 5.56 Å². The fourth-order valence-electron chi connectivity index (χ4n) is 4.13. The van der Waals surface area contributed by atoms with Crippen molar-refractivity contribution in [1.29, 1.82) is 0 Å². The van der Waals surface area contributed by atoms with Crippen LogP contribution in [0, 0.1) is 23.3 Å². The first kappa shape index (κ1) is 27.3. The monoisotopic (exact) mass is 539 g/mol. The third-order valence-electron chi connectivity index (χ3n) is 5.99. The van der Waals surface area contributed by atoms with Crippen LogP contribution in [0.4, 0.5) is 23.4 Å². The summed E-state index contributed by atoms with van der Waals surface area (Å²) >= 11 is 0. The molecule has 1 aromatic heterocycles. The molecular formula is C28H21F4N3O4. The van der Waals surface area contributed by atoms with Gasteiger partial charge in [0, 0.05) is 18.7 Å². The maximum Gasteiger partial charge on any atom is 0.325 e. The van der Waals surface area contributed by atoms with Crippen LogP contribution < -0.4 is 16.6 Å². The van der Waals surface area contributed by atoms with E-state index in [0.717, 1.165) is 36.4 Å². The van der Waals surface area contributed by atoms with Gasteiger partial charge >= 0.3 is 5.97 Å². The summed E-state index contributed by atoms with van der Waals surface area (Å²) in [6.45, 7) is 0.0550. The number of nitrogens with two attached hydrogens (primary N) is 1. The Labute approximate surface area is 219 Å². The molecule has 0 fully saturated rings. The van der Waals surface area contributed by atoms with E-state index in [9.17, 15) is 28.3 Å². The second kappa shape index (κ2) is 11.3. The van der Waals surface area contributed by atoms with E-state index in [2.05, 4.69) is 5.32 Å². The Hall–Kier alpha value is -4.77. The minimum absolute atomic E-state index is 0.0392. The quantitative estimate of drug-likeness (QED) is 0.217. The van der Waals surface area contributed by atoms with Crippen molar-refractivity contribution >= 4 is 17.6 Å². The van der Waals surface area contributed by atoms with Crippen molar-refractivity contribution in [1.82, 2.24) is 9.88 Å². The van der Waals surface area contributed by atoms with E-state index < -0.39 is 69.3 Å². The standard InChI is InChI=1S/C28H21F4N3O4/c29-17-6-7-18(20(30)14-17)26(37)19-8-9-23(36)35(27(19)33)25-21(31)12-15(13-22(25)32)10-11-34-24(28(38)39)16-4-2-1-3-5-16/h1-9,12-14,24,34H,10-11,33H2,(H,38,39)/t24-/m1/s1. The number of ketones is 1. The largest absolute Gasteiger partial charge is 0.480 e. The molecule has 0 radical (unpaired) electrons. The first-order valence-corrected chi connectivity index (χ1v) is 11.6. The molecule has 39 heavy (non-hydrogen) atoms. The van der Waals surface area contributed by atoms with Gasteiger partial charge in [0.15, 0.2) is 17.4 Å². The van der Waals surface area contributed by atoms with Crippen LogP contribution in [0.3, 0.4) is 0 Å². The van der Waals surface area contributed by atoms with E-state index in [-0.39, 0.29) is 18.5 Å². The van der Waals surface area contributed by atoms with Gasteiger partial charge in [-0.05, 0) is 47.9 Å². The number of carboxylic acids is 1. The minimum Gasteiger partial charge on any atom is -0.480 e. The summed E-state index contributed by atoms with van der Waals surface area (Å²) in [5.74, 6) is -7.23. The average Bonchev–Trinajstić information content (AvgIpc) is 2.88. The molecule has 0 bridgehead atoms. The minimum atomic E-state index is -1.18. The lowest BCUT2D eigenvalue weighted by molar-refractivity contribution is -0.139. The van der Waals surface area contributed by atoms with E-state index in [1.54, 1.807) is 30.3 Å². The molecule has 0 saturated carbocycles. The molecule has 0 aliphatic rings. The summed E-state index contributed by atoms with van der Waals surface area (Å²) in [6, 6.07) is 13.3. The molecule has 3 aromatic carbocycles. The van der Waals surface area contributed by atoms with Crippen LogP contribution in [-0.4, -0.2) is 28.0 Å². The van der Waals surface area contributed by atoms with Crippen LogP contribution >= 0.6 is 0 Å². The molecule has 1 heterocycles. The van der Waals surface area contributed by atoms with Gasteiger partial charge in [-0.2, -0.15) is 0 Å². The summed E-state index contributed by atoms with van der Waals surface area (Å²) in [5, 5.41) is 12.3. The van der Waals surface area contributed by atoms with Crippen molar-refractivity contribution in [3.63, 3.8) is 0 Å². The van der Waals surface area contributed by atoms with Gasteiger partial charge in [0.05, 0.1) is 11.1 Å². The Morgan fingerprint density at radius 2 is 1.51 bits per heavy atom. The molecule has 200 valence electrons. The highest BCUT2D eigenvalue weighted by molar-refractivity contribution is 6.11. The molecule has 7 nitrogen and oxygen atoms in total. The summed E-state index contributed by atoms with van der Waals surface area (Å²) in [4.78, 5) is 37.0. The Balaban J connectivity index is 1.61. The number of hydrogen-bond acceptors (Lipinski definition) is 5. The van der Waals surface area contributed by atoms with E-state index in [1.165, 1.54) is 0 Å². The number of halogens is 4. The fourth-order valence-corrected chi connectivity index (χ4v) is 4.13. The highest BCUT2D eigenvalue weighted by Crippen LogP contribution is 2.25. The Morgan fingerprint density at radius 1 is 0.872 bits per heavy atom. The Kier molecular flexibility index (Phi) is 7.91. The number of anilines is 1. The van der Waals surface area contributed by atoms with Crippen molar-refractivity contribution in [2.45, 2.75) is 12.5 Å². The van der Waals surface area contributed by atoms with Gasteiger partial charge in [-0.25, -0.2) is 17.6 Å². The van der Waals surface area contributed by atoms with Gasteiger partial charge in [-0.15, -0.1) is 0 Å². The number of hydrogen-bond donors (Lipinski definition) is 3. The number of benzene rings is 3. The summed E-state index contributed by atoms with van der Waals surface area (Å²) in [7, 11) is 0. The number of carbonyl (C=O) groups is 2. The molecule has 4 N–H and O–H groups in total. The number of nitrogens with zero attached hydrogens (tertiary/aromatic N) is 1. The molecule has 11 heteroatoms. The zero-order valence-corrected chi connectivity index (χ0v) is 20.1. The second-order valence-electron chi connectivity index (χ2n) is 8.55. The number of rotatable bonds is 9. The van der Waals surface area contributed by atoms with Crippen molar-refractivity contribution in [3.05, 3.63) is 129 Å². The van der Waals surface area contributed by atoms with Crippen molar-refractivity contribution in [2.24, 2.45) is 0 Å². The molecule has 0 aliphatic carbocycles. The first-order chi connectivity index (χ1) is 18.6. The predicted molar refractivity (Wildman–Crippen MR) is 135 cm³/mol. The number of nitrogens with one attached hydrogen (secondary N) is 1. The molecule has 0 saturated heterocycles. The van der Waals surface area contributed by atoms with E-state index in [0.29, 0.717) is 16.2 Å². The van der Waals surface area contributed by atoms with Crippen LogP contribution in [0.1, 0.15) is 33.1 Å². The lowest BCUT2D eigenvalue weighted by Gasteiger charge is -2.17. The number of carbonyl (C=O) groups excluding carboxylic acids is 1. The maximum atomic E-state index is 15.1. The zero-order chi connectivity index (χ0) is 28.3. The van der Waals surface area contributed by atoms with Gasteiger partial charge < -0.3 is 16.2 Å². The zero-order valence-electron chi connectivity index (χ0n) is 20.1. The smallest absolute Gasteiger partial charge is 0.325 e. The SMILES string of the molecule is Nc1c(C(=O)c2ccc(F)cc2F)ccc(=O)n1-c1c(F)cc(CCN[C@@H](C(=O)O)c2ccccc2)cc1F. The third-order valence-corrected chi connectivity index (χ3v) is 5.99. The van der Waals surface area contributed by atoms with E-state index in [4.69, 9.17) is 5.73 Å². The first-order valence-electron chi connectivity index (χ1n) is 11.6. The van der Waals surface area contributed by atoms with Gasteiger partial charge in [-0.1, -0.05) is 30.3 Å². The molecule has 4 rings (SSSR count). The normalized spacial score (nSPS) is 11.8. The summed E-state index contributed by atoms with van der Waals surface area (Å²) in [5.41, 5.74) is 3.84. The highest BCUT2D eigenvalue weighted by atomic mass is 19.1. The van der Waals surface area contributed by atoms with E-state index in [1.807, 2.05) is 0 Å². The molecule has 0 amide bonds. The van der Waals surface area contributed by atoms with Crippen LogP contribution in [0.2, 0.25) is 0 Å². The van der Waals surface area contributed by atoms with Crippen LogP contribution in [0.25, 0.3) is 5.69 Å². The van der Waals surface area contributed by atoms with E-state index >= 15 is 8.78 Å². The molecule has 1 atom stereocenters. The summed E-state index contributed by atoms with van der Waals surface area (Å²) in [6.07, 6.45) is 0.0392. The lowest BCUT2D eigenvalue weighted by atomic mass is 10.0. The number of nitrogen functional groups attached to an aromatic ring is 1. The van der Waals surface area contributed by atoms with Crippen molar-refractivity contribution in [2.75, 3.05) is 12.3 Å². The molecule has 0 unspecified atom stereocenters. The fraction of sp³-hybridized carbons (Fsp3) is 0.107.